The average molecular weight is 372 g/mol. The van der Waals surface area contributed by atoms with Crippen LogP contribution in [0.15, 0.2) is 28.9 Å². The molecule has 0 bridgehead atoms. The van der Waals surface area contributed by atoms with Gasteiger partial charge in [0.15, 0.2) is 5.65 Å². The van der Waals surface area contributed by atoms with E-state index >= 15 is 0 Å². The number of nitrogens with zero attached hydrogens (tertiary/aromatic N) is 3. The molecule has 116 valence electrons. The summed E-state index contributed by atoms with van der Waals surface area (Å²) in [6.07, 6.45) is 5.37. The van der Waals surface area contributed by atoms with Crippen LogP contribution in [0.1, 0.15) is 24.0 Å². The molecular weight excluding hydrogens is 358 g/mol. The van der Waals surface area contributed by atoms with Gasteiger partial charge in [0.1, 0.15) is 11.6 Å². The summed E-state index contributed by atoms with van der Waals surface area (Å²) in [6, 6.07) is 5.67. The Labute approximate surface area is 141 Å². The van der Waals surface area contributed by atoms with Crippen LogP contribution in [0.5, 0.6) is 0 Å². The first kappa shape index (κ1) is 15.4. The van der Waals surface area contributed by atoms with E-state index in [0.717, 1.165) is 21.2 Å². The molecule has 0 radical (unpaired) electrons. The summed E-state index contributed by atoms with van der Waals surface area (Å²) < 4.78 is 0.893. The summed E-state index contributed by atoms with van der Waals surface area (Å²) in [5, 5.41) is 2.69. The van der Waals surface area contributed by atoms with Crippen molar-refractivity contribution < 1.29 is 4.79 Å². The second-order valence-corrected chi connectivity index (χ2v) is 6.03. The standard InChI is InChI=1S/C16H14BrN5O/c1-9-5-12(20-15(6-9)19-10(2)23)3-4-14-21-13-7-11(17)8-18-16(13)22-14/h3-8H,1-2H3,(H,18,21,22)(H,19,20,23). The lowest BCUT2D eigenvalue weighted by Crippen LogP contribution is -2.08. The molecule has 0 atom stereocenters. The van der Waals surface area contributed by atoms with Gasteiger partial charge in [-0.05, 0) is 58.8 Å². The first-order valence-corrected chi connectivity index (χ1v) is 7.74. The topological polar surface area (TPSA) is 83.6 Å². The zero-order valence-electron chi connectivity index (χ0n) is 12.6. The number of amides is 1. The highest BCUT2D eigenvalue weighted by Crippen LogP contribution is 2.17. The molecule has 0 aliphatic rings. The van der Waals surface area contributed by atoms with Crippen molar-refractivity contribution in [1.82, 2.24) is 19.9 Å². The van der Waals surface area contributed by atoms with Gasteiger partial charge in [-0.25, -0.2) is 15.0 Å². The van der Waals surface area contributed by atoms with E-state index in [-0.39, 0.29) is 5.91 Å². The molecule has 0 saturated heterocycles. The Morgan fingerprint density at radius 2 is 2.09 bits per heavy atom. The van der Waals surface area contributed by atoms with Gasteiger partial charge < -0.3 is 10.3 Å². The molecule has 3 aromatic rings. The zero-order valence-corrected chi connectivity index (χ0v) is 14.2. The summed E-state index contributed by atoms with van der Waals surface area (Å²) in [6.45, 7) is 3.41. The van der Waals surface area contributed by atoms with E-state index in [9.17, 15) is 4.79 Å². The van der Waals surface area contributed by atoms with Crippen LogP contribution in [0, 0.1) is 6.92 Å². The lowest BCUT2D eigenvalue weighted by atomic mass is 10.2. The van der Waals surface area contributed by atoms with Gasteiger partial charge in [0.25, 0.3) is 0 Å². The Morgan fingerprint density at radius 1 is 1.26 bits per heavy atom. The van der Waals surface area contributed by atoms with Gasteiger partial charge in [-0.15, -0.1) is 0 Å². The second-order valence-electron chi connectivity index (χ2n) is 5.12. The Hall–Kier alpha value is -2.54. The van der Waals surface area contributed by atoms with Gasteiger partial charge in [0.2, 0.25) is 5.91 Å². The number of H-pyrrole nitrogens is 1. The van der Waals surface area contributed by atoms with Crippen LogP contribution in [0.4, 0.5) is 5.82 Å². The Balaban J connectivity index is 1.88. The van der Waals surface area contributed by atoms with Crippen molar-refractivity contribution in [3.05, 3.63) is 46.0 Å². The van der Waals surface area contributed by atoms with E-state index in [1.807, 2.05) is 37.3 Å². The Kier molecular flexibility index (Phi) is 4.20. The van der Waals surface area contributed by atoms with Crippen molar-refractivity contribution in [3.63, 3.8) is 0 Å². The van der Waals surface area contributed by atoms with Crippen LogP contribution < -0.4 is 5.32 Å². The van der Waals surface area contributed by atoms with Gasteiger partial charge in [-0.3, -0.25) is 4.79 Å². The minimum atomic E-state index is -0.146. The van der Waals surface area contributed by atoms with Gasteiger partial charge in [-0.1, -0.05) is 0 Å². The minimum Gasteiger partial charge on any atom is -0.337 e. The molecule has 0 unspecified atom stereocenters. The molecule has 0 saturated carbocycles. The Morgan fingerprint density at radius 3 is 2.87 bits per heavy atom. The number of carbonyl (C=O) groups excluding carboxylic acids is 1. The molecule has 0 fully saturated rings. The van der Waals surface area contributed by atoms with Gasteiger partial charge >= 0.3 is 0 Å². The maximum atomic E-state index is 11.1. The monoisotopic (exact) mass is 371 g/mol. The molecule has 6 nitrogen and oxygen atoms in total. The first-order valence-electron chi connectivity index (χ1n) is 6.95. The van der Waals surface area contributed by atoms with E-state index in [4.69, 9.17) is 0 Å². The number of carbonyl (C=O) groups is 1. The highest BCUT2D eigenvalue weighted by Gasteiger charge is 2.03. The highest BCUT2D eigenvalue weighted by atomic mass is 79.9. The number of hydrogen-bond acceptors (Lipinski definition) is 4. The number of aromatic amines is 1. The first-order chi connectivity index (χ1) is 11.0. The lowest BCUT2D eigenvalue weighted by Gasteiger charge is -2.04. The SMILES string of the molecule is CC(=O)Nc1cc(C)cc(C=Cc2nc3ncc(Br)cc3[nH]2)n1. The number of imidazole rings is 1. The van der Waals surface area contributed by atoms with Crippen LogP contribution in [0.25, 0.3) is 23.3 Å². The Bertz CT molecular complexity index is 916. The van der Waals surface area contributed by atoms with Crippen LogP contribution in [0.2, 0.25) is 0 Å². The third kappa shape index (κ3) is 3.81. The quantitative estimate of drug-likeness (QED) is 0.737. The van der Waals surface area contributed by atoms with Crippen molar-refractivity contribution in [2.75, 3.05) is 5.32 Å². The van der Waals surface area contributed by atoms with Crippen molar-refractivity contribution in [1.29, 1.82) is 0 Å². The predicted molar refractivity (Wildman–Crippen MR) is 93.8 cm³/mol. The number of aryl methyl sites for hydroxylation is 1. The number of nitrogens with one attached hydrogen (secondary N) is 2. The third-order valence-electron chi connectivity index (χ3n) is 3.03. The van der Waals surface area contributed by atoms with Crippen LogP contribution in [-0.4, -0.2) is 25.8 Å². The van der Waals surface area contributed by atoms with E-state index in [2.05, 4.69) is 41.2 Å². The molecule has 0 spiro atoms. The number of halogens is 1. The molecular formula is C16H14BrN5O. The molecule has 3 heterocycles. The summed E-state index contributed by atoms with van der Waals surface area (Å²) in [4.78, 5) is 27.3. The smallest absolute Gasteiger partial charge is 0.222 e. The maximum Gasteiger partial charge on any atom is 0.222 e. The summed E-state index contributed by atoms with van der Waals surface area (Å²) in [5.74, 6) is 1.08. The summed E-state index contributed by atoms with van der Waals surface area (Å²) >= 11 is 3.38. The summed E-state index contributed by atoms with van der Waals surface area (Å²) in [5.41, 5.74) is 3.26. The number of fused-ring (bicyclic) bond motifs is 1. The van der Waals surface area contributed by atoms with E-state index in [0.29, 0.717) is 17.3 Å². The lowest BCUT2D eigenvalue weighted by molar-refractivity contribution is -0.114. The second kappa shape index (κ2) is 6.29. The average Bonchev–Trinajstić information content (AvgIpc) is 2.85. The summed E-state index contributed by atoms with van der Waals surface area (Å²) in [7, 11) is 0. The van der Waals surface area contributed by atoms with E-state index in [1.54, 1.807) is 6.20 Å². The maximum absolute atomic E-state index is 11.1. The van der Waals surface area contributed by atoms with Gasteiger partial charge in [0, 0.05) is 17.6 Å². The molecule has 0 aliphatic carbocycles. The fourth-order valence-electron chi connectivity index (χ4n) is 2.16. The number of hydrogen-bond donors (Lipinski definition) is 2. The number of aromatic nitrogens is 4. The number of rotatable bonds is 3. The van der Waals surface area contributed by atoms with Crippen LogP contribution in [0.3, 0.4) is 0 Å². The van der Waals surface area contributed by atoms with Crippen molar-refractivity contribution in [3.8, 4) is 0 Å². The van der Waals surface area contributed by atoms with Gasteiger partial charge in [-0.2, -0.15) is 0 Å². The third-order valence-corrected chi connectivity index (χ3v) is 3.46. The zero-order chi connectivity index (χ0) is 16.4. The predicted octanol–water partition coefficient (Wildman–Crippen LogP) is 3.55. The fourth-order valence-corrected chi connectivity index (χ4v) is 2.49. The van der Waals surface area contributed by atoms with Crippen molar-refractivity contribution in [2.45, 2.75) is 13.8 Å². The van der Waals surface area contributed by atoms with Crippen LogP contribution in [-0.2, 0) is 4.79 Å². The molecule has 2 N–H and O–H groups in total. The van der Waals surface area contributed by atoms with E-state index < -0.39 is 0 Å². The number of pyridine rings is 2. The minimum absolute atomic E-state index is 0.146. The number of anilines is 1. The van der Waals surface area contributed by atoms with Crippen LogP contribution >= 0.6 is 15.9 Å². The van der Waals surface area contributed by atoms with Gasteiger partial charge in [0.05, 0.1) is 11.2 Å². The molecule has 7 heteroatoms. The molecule has 3 rings (SSSR count). The molecule has 1 amide bonds. The largest absolute Gasteiger partial charge is 0.337 e. The molecule has 23 heavy (non-hydrogen) atoms. The normalized spacial score (nSPS) is 11.3. The van der Waals surface area contributed by atoms with E-state index in [1.165, 1.54) is 6.92 Å². The molecule has 0 aliphatic heterocycles. The van der Waals surface area contributed by atoms with Crippen molar-refractivity contribution >= 4 is 51.0 Å². The highest BCUT2D eigenvalue weighted by molar-refractivity contribution is 9.10. The fraction of sp³-hybridized carbons (Fsp3) is 0.125. The molecule has 0 aromatic carbocycles. The van der Waals surface area contributed by atoms with Crippen molar-refractivity contribution in [2.24, 2.45) is 0 Å². The molecule has 3 aromatic heterocycles.